The lowest BCUT2D eigenvalue weighted by Crippen LogP contribution is -2.55. The number of rotatable bonds is 3. The van der Waals surface area contributed by atoms with E-state index in [-0.39, 0.29) is 30.5 Å². The topological polar surface area (TPSA) is 50.4 Å². The smallest absolute Gasteiger partial charge is 0.240 e. The number of nitrogens with one attached hydrogen (secondary N) is 2. The highest BCUT2D eigenvalue weighted by molar-refractivity contribution is 7.11. The summed E-state index contributed by atoms with van der Waals surface area (Å²) in [7, 11) is 0. The molecule has 18 heavy (non-hydrogen) atoms. The number of ether oxygens (including phenoxy) is 1. The van der Waals surface area contributed by atoms with Gasteiger partial charge in [-0.2, -0.15) is 0 Å². The van der Waals surface area contributed by atoms with Gasteiger partial charge in [0.15, 0.2) is 0 Å². The van der Waals surface area contributed by atoms with Gasteiger partial charge in [0.05, 0.1) is 19.3 Å². The van der Waals surface area contributed by atoms with Crippen molar-refractivity contribution in [1.29, 1.82) is 0 Å². The van der Waals surface area contributed by atoms with Crippen LogP contribution in [-0.2, 0) is 16.1 Å². The number of carbonyl (C=O) groups is 1. The number of amides is 1. The average Bonchev–Trinajstić information content (AvgIpc) is 2.73. The molecular formula is C12H19ClN2O2S. The van der Waals surface area contributed by atoms with E-state index in [4.69, 9.17) is 4.74 Å². The van der Waals surface area contributed by atoms with Gasteiger partial charge in [0, 0.05) is 16.3 Å². The maximum absolute atomic E-state index is 11.9. The summed E-state index contributed by atoms with van der Waals surface area (Å²) >= 11 is 1.71. The molecule has 4 nitrogen and oxygen atoms in total. The number of hydrogen-bond acceptors (Lipinski definition) is 4. The summed E-state index contributed by atoms with van der Waals surface area (Å²) in [6.07, 6.45) is -0.0613. The zero-order chi connectivity index (χ0) is 12.3. The van der Waals surface area contributed by atoms with Crippen LogP contribution in [0.25, 0.3) is 0 Å². The second-order valence-corrected chi connectivity index (χ2v) is 5.61. The molecule has 2 atom stereocenters. The van der Waals surface area contributed by atoms with Crippen LogP contribution >= 0.6 is 23.7 Å². The van der Waals surface area contributed by atoms with E-state index < -0.39 is 0 Å². The standard InChI is InChI=1S/C12H18N2O2S.ClH/c1-8-3-4-10(17-8)7-14-12(15)11-9(2)16-6-5-13-11;/h3-4,9,11,13H,5-7H2,1-2H3,(H,14,15);1H/t9-,11+;/m1./s1. The molecule has 1 aromatic heterocycles. The second kappa shape index (κ2) is 7.09. The molecule has 0 aliphatic carbocycles. The van der Waals surface area contributed by atoms with E-state index >= 15 is 0 Å². The molecule has 0 unspecified atom stereocenters. The van der Waals surface area contributed by atoms with E-state index in [1.807, 2.05) is 6.92 Å². The lowest BCUT2D eigenvalue weighted by atomic mass is 10.1. The molecule has 2 rings (SSSR count). The summed E-state index contributed by atoms with van der Waals surface area (Å²) < 4.78 is 5.45. The van der Waals surface area contributed by atoms with Crippen molar-refractivity contribution in [3.63, 3.8) is 0 Å². The zero-order valence-corrected chi connectivity index (χ0v) is 12.2. The van der Waals surface area contributed by atoms with Crippen LogP contribution in [-0.4, -0.2) is 31.2 Å². The molecule has 1 amide bonds. The van der Waals surface area contributed by atoms with Crippen LogP contribution in [0, 0.1) is 6.92 Å². The molecule has 0 radical (unpaired) electrons. The van der Waals surface area contributed by atoms with Gasteiger partial charge in [-0.1, -0.05) is 0 Å². The molecule has 0 spiro atoms. The van der Waals surface area contributed by atoms with Gasteiger partial charge in [0.1, 0.15) is 6.04 Å². The molecule has 0 bridgehead atoms. The van der Waals surface area contributed by atoms with Gasteiger partial charge < -0.3 is 15.4 Å². The fraction of sp³-hybridized carbons (Fsp3) is 0.583. The molecule has 0 saturated carbocycles. The number of aryl methyl sites for hydroxylation is 1. The molecule has 0 aromatic carbocycles. The Morgan fingerprint density at radius 2 is 2.39 bits per heavy atom. The molecule has 1 aliphatic rings. The molecule has 6 heteroatoms. The third-order valence-electron chi connectivity index (χ3n) is 2.83. The summed E-state index contributed by atoms with van der Waals surface area (Å²) in [4.78, 5) is 14.4. The monoisotopic (exact) mass is 290 g/mol. The summed E-state index contributed by atoms with van der Waals surface area (Å²) in [5, 5.41) is 6.12. The van der Waals surface area contributed by atoms with Crippen LogP contribution in [0.5, 0.6) is 0 Å². The first kappa shape index (κ1) is 15.4. The number of halogens is 1. The minimum absolute atomic E-state index is 0. The van der Waals surface area contributed by atoms with Gasteiger partial charge in [0.2, 0.25) is 5.91 Å². The first-order chi connectivity index (χ1) is 8.16. The quantitative estimate of drug-likeness (QED) is 0.886. The van der Waals surface area contributed by atoms with Gasteiger partial charge in [-0.25, -0.2) is 0 Å². The van der Waals surface area contributed by atoms with Crippen molar-refractivity contribution in [2.24, 2.45) is 0 Å². The summed E-state index contributed by atoms with van der Waals surface area (Å²) in [5.74, 6) is 0.0169. The lowest BCUT2D eigenvalue weighted by Gasteiger charge is -2.29. The Kier molecular flexibility index (Phi) is 6.08. The Morgan fingerprint density at radius 1 is 1.61 bits per heavy atom. The maximum Gasteiger partial charge on any atom is 0.240 e. The normalized spacial score (nSPS) is 23.2. The first-order valence-electron chi connectivity index (χ1n) is 5.85. The van der Waals surface area contributed by atoms with Crippen LogP contribution in [0.3, 0.4) is 0 Å². The van der Waals surface area contributed by atoms with Crippen molar-refractivity contribution in [3.8, 4) is 0 Å². The minimum Gasteiger partial charge on any atom is -0.375 e. The van der Waals surface area contributed by atoms with Crippen molar-refractivity contribution in [2.75, 3.05) is 13.2 Å². The largest absolute Gasteiger partial charge is 0.375 e. The molecule has 1 fully saturated rings. The Balaban J connectivity index is 0.00000162. The predicted molar refractivity (Wildman–Crippen MR) is 75.4 cm³/mol. The Morgan fingerprint density at radius 3 is 3.00 bits per heavy atom. The van der Waals surface area contributed by atoms with E-state index in [1.54, 1.807) is 11.3 Å². The van der Waals surface area contributed by atoms with Crippen LogP contribution in [0.2, 0.25) is 0 Å². The number of morpholine rings is 1. The van der Waals surface area contributed by atoms with E-state index in [0.717, 1.165) is 6.54 Å². The summed E-state index contributed by atoms with van der Waals surface area (Å²) in [5.41, 5.74) is 0. The highest BCUT2D eigenvalue weighted by Crippen LogP contribution is 2.14. The fourth-order valence-corrected chi connectivity index (χ4v) is 2.72. The van der Waals surface area contributed by atoms with Gasteiger partial charge >= 0.3 is 0 Å². The Bertz CT molecular complexity index is 397. The van der Waals surface area contributed by atoms with Crippen molar-refractivity contribution in [1.82, 2.24) is 10.6 Å². The van der Waals surface area contributed by atoms with Crippen molar-refractivity contribution in [2.45, 2.75) is 32.5 Å². The predicted octanol–water partition coefficient (Wildman–Crippen LogP) is 1.47. The van der Waals surface area contributed by atoms with E-state index in [9.17, 15) is 4.79 Å². The molecule has 2 N–H and O–H groups in total. The minimum atomic E-state index is -0.232. The van der Waals surface area contributed by atoms with Gasteiger partial charge in [-0.05, 0) is 26.0 Å². The van der Waals surface area contributed by atoms with Crippen LogP contribution < -0.4 is 10.6 Å². The van der Waals surface area contributed by atoms with Crippen molar-refractivity contribution in [3.05, 3.63) is 21.9 Å². The lowest BCUT2D eigenvalue weighted by molar-refractivity contribution is -0.129. The molecule has 1 aromatic rings. The first-order valence-corrected chi connectivity index (χ1v) is 6.66. The Labute approximate surface area is 118 Å². The third kappa shape index (κ3) is 3.95. The van der Waals surface area contributed by atoms with E-state index in [0.29, 0.717) is 13.2 Å². The maximum atomic E-state index is 11.9. The van der Waals surface area contributed by atoms with Crippen LogP contribution in [0.1, 0.15) is 16.7 Å². The highest BCUT2D eigenvalue weighted by atomic mass is 35.5. The van der Waals surface area contributed by atoms with Gasteiger partial charge in [0.25, 0.3) is 0 Å². The number of hydrogen-bond donors (Lipinski definition) is 2. The fourth-order valence-electron chi connectivity index (χ4n) is 1.89. The molecule has 1 saturated heterocycles. The Hall–Kier alpha value is -0.620. The molecule has 1 aliphatic heterocycles. The molecule has 2 heterocycles. The highest BCUT2D eigenvalue weighted by Gasteiger charge is 2.27. The number of carbonyl (C=O) groups excluding carboxylic acids is 1. The molecule has 102 valence electrons. The third-order valence-corrected chi connectivity index (χ3v) is 3.83. The number of thiophene rings is 1. The van der Waals surface area contributed by atoms with Crippen molar-refractivity contribution < 1.29 is 9.53 Å². The summed E-state index contributed by atoms with van der Waals surface area (Å²) in [6.45, 7) is 6.00. The zero-order valence-electron chi connectivity index (χ0n) is 10.6. The second-order valence-electron chi connectivity index (χ2n) is 4.24. The van der Waals surface area contributed by atoms with E-state index in [2.05, 4.69) is 29.7 Å². The van der Waals surface area contributed by atoms with Crippen LogP contribution in [0.4, 0.5) is 0 Å². The van der Waals surface area contributed by atoms with Gasteiger partial charge in [-0.3, -0.25) is 4.79 Å². The SMILES string of the molecule is Cc1ccc(CNC(=O)[C@H]2NCCO[C@@H]2C)s1.Cl. The van der Waals surface area contributed by atoms with Crippen LogP contribution in [0.15, 0.2) is 12.1 Å². The van der Waals surface area contributed by atoms with Crippen molar-refractivity contribution >= 4 is 29.7 Å². The molecular weight excluding hydrogens is 272 g/mol. The summed E-state index contributed by atoms with van der Waals surface area (Å²) in [6, 6.07) is 3.88. The average molecular weight is 291 g/mol. The van der Waals surface area contributed by atoms with E-state index in [1.165, 1.54) is 9.75 Å². The van der Waals surface area contributed by atoms with Gasteiger partial charge in [-0.15, -0.1) is 23.7 Å².